The predicted octanol–water partition coefficient (Wildman–Crippen LogP) is 5.14. The molecule has 168 valence electrons. The van der Waals surface area contributed by atoms with Gasteiger partial charge in [0.25, 0.3) is 0 Å². The second-order valence-electron chi connectivity index (χ2n) is 7.22. The normalized spacial score (nSPS) is 14.6. The highest BCUT2D eigenvalue weighted by molar-refractivity contribution is 7.47. The molecular weight excluding hydrogens is 383 g/mol. The number of carbonyl (C=O) groups excluding carboxylic acids is 1. The van der Waals surface area contributed by atoms with E-state index in [0.29, 0.717) is 12.8 Å². The predicted molar refractivity (Wildman–Crippen MR) is 110 cm³/mol. The molecule has 0 spiro atoms. The number of hydrogen-bond acceptors (Lipinski definition) is 6. The van der Waals surface area contributed by atoms with Gasteiger partial charge in [0.15, 0.2) is 0 Å². The molecule has 0 heterocycles. The maximum atomic E-state index is 11.6. The molecule has 0 aromatic heterocycles. The lowest BCUT2D eigenvalue weighted by Crippen LogP contribution is -2.23. The van der Waals surface area contributed by atoms with Crippen molar-refractivity contribution in [2.45, 2.75) is 103 Å². The molecule has 0 aliphatic carbocycles. The molecule has 0 rings (SSSR count). The molecule has 0 saturated carbocycles. The molecule has 0 saturated heterocycles. The second kappa shape index (κ2) is 18.6. The molecule has 8 heteroatoms. The van der Waals surface area contributed by atoms with Gasteiger partial charge < -0.3 is 14.7 Å². The van der Waals surface area contributed by atoms with Crippen molar-refractivity contribution < 1.29 is 33.1 Å². The van der Waals surface area contributed by atoms with Crippen molar-refractivity contribution in [3.8, 4) is 0 Å². The van der Waals surface area contributed by atoms with Crippen LogP contribution in [0.2, 0.25) is 0 Å². The maximum absolute atomic E-state index is 11.6. The summed E-state index contributed by atoms with van der Waals surface area (Å²) in [4.78, 5) is 21.0. The summed E-state index contributed by atoms with van der Waals surface area (Å²) in [5.74, 6) is -0.371. The number of aliphatic hydroxyl groups excluding tert-OH is 1. The number of esters is 1. The molecule has 0 aliphatic heterocycles. The number of unbranched alkanes of at least 4 members (excludes halogenated alkanes) is 10. The fraction of sp³-hybridized carbons (Fsp3) is 0.950. The number of phosphoric acid groups is 1. The second-order valence-corrected chi connectivity index (χ2v) is 8.67. The van der Waals surface area contributed by atoms with E-state index in [9.17, 15) is 19.4 Å². The van der Waals surface area contributed by atoms with Crippen LogP contribution in [0, 0.1) is 0 Å². The number of phosphoric ester groups is 1. The van der Waals surface area contributed by atoms with Crippen molar-refractivity contribution in [2.75, 3.05) is 19.8 Å². The Bertz CT molecular complexity index is 417. The number of rotatable bonds is 20. The molecule has 2 atom stereocenters. The Morgan fingerprint density at radius 3 is 1.89 bits per heavy atom. The number of carbonyl (C=O) groups is 1. The summed E-state index contributed by atoms with van der Waals surface area (Å²) in [5.41, 5.74) is 0. The summed E-state index contributed by atoms with van der Waals surface area (Å²) < 4.78 is 25.7. The fourth-order valence-electron chi connectivity index (χ4n) is 2.67. The first kappa shape index (κ1) is 27.5. The maximum Gasteiger partial charge on any atom is 0.472 e. The highest BCUT2D eigenvalue weighted by Gasteiger charge is 2.22. The summed E-state index contributed by atoms with van der Waals surface area (Å²) in [5, 5.41) is 9.66. The quantitative estimate of drug-likeness (QED) is 0.159. The lowest BCUT2D eigenvalue weighted by Gasteiger charge is -2.15. The molecule has 0 bridgehead atoms. The van der Waals surface area contributed by atoms with Gasteiger partial charge in [0.1, 0.15) is 12.7 Å². The van der Waals surface area contributed by atoms with Crippen LogP contribution in [0.4, 0.5) is 0 Å². The molecule has 0 fully saturated rings. The summed E-state index contributed by atoms with van der Waals surface area (Å²) in [6, 6.07) is 0. The lowest BCUT2D eigenvalue weighted by atomic mass is 10.1. The van der Waals surface area contributed by atoms with Crippen LogP contribution in [0.1, 0.15) is 97.3 Å². The topological polar surface area (TPSA) is 102 Å². The van der Waals surface area contributed by atoms with E-state index >= 15 is 0 Å². The first-order valence-corrected chi connectivity index (χ1v) is 12.4. The molecule has 0 aromatic carbocycles. The first-order chi connectivity index (χ1) is 13.4. The first-order valence-electron chi connectivity index (χ1n) is 10.9. The Kier molecular flexibility index (Phi) is 18.3. The Morgan fingerprint density at radius 1 is 0.821 bits per heavy atom. The average molecular weight is 425 g/mol. The van der Waals surface area contributed by atoms with E-state index in [1.54, 1.807) is 6.92 Å². The van der Waals surface area contributed by atoms with Crippen molar-refractivity contribution in [1.29, 1.82) is 0 Å². The zero-order valence-corrected chi connectivity index (χ0v) is 18.7. The van der Waals surface area contributed by atoms with E-state index in [1.807, 2.05) is 0 Å². The van der Waals surface area contributed by atoms with Crippen molar-refractivity contribution in [2.24, 2.45) is 0 Å². The SMILES string of the molecule is CCCCCCCCCCCCCC(=O)OCC(O)COP(=O)(O)OCCC. The van der Waals surface area contributed by atoms with Gasteiger partial charge in [-0.1, -0.05) is 78.1 Å². The van der Waals surface area contributed by atoms with Crippen LogP contribution >= 0.6 is 7.82 Å². The summed E-state index contributed by atoms with van der Waals surface area (Å²) in [7, 11) is -4.15. The van der Waals surface area contributed by atoms with Crippen molar-refractivity contribution in [1.82, 2.24) is 0 Å². The highest BCUT2D eigenvalue weighted by Crippen LogP contribution is 2.43. The molecule has 2 unspecified atom stereocenters. The minimum atomic E-state index is -4.15. The number of ether oxygens (including phenoxy) is 1. The Labute approximate surface area is 170 Å². The van der Waals surface area contributed by atoms with Crippen LogP contribution in [0.25, 0.3) is 0 Å². The summed E-state index contributed by atoms with van der Waals surface area (Å²) in [6.45, 7) is 3.43. The van der Waals surface area contributed by atoms with Crippen molar-refractivity contribution >= 4 is 13.8 Å². The van der Waals surface area contributed by atoms with Crippen LogP contribution in [0.5, 0.6) is 0 Å². The van der Waals surface area contributed by atoms with E-state index < -0.39 is 20.5 Å². The summed E-state index contributed by atoms with van der Waals surface area (Å²) in [6.07, 6.45) is 13.1. The zero-order valence-electron chi connectivity index (χ0n) is 17.8. The summed E-state index contributed by atoms with van der Waals surface area (Å²) >= 11 is 0. The molecule has 0 aliphatic rings. The van der Waals surface area contributed by atoms with Crippen molar-refractivity contribution in [3.05, 3.63) is 0 Å². The van der Waals surface area contributed by atoms with Gasteiger partial charge >= 0.3 is 13.8 Å². The standard InChI is InChI=1S/C20H41O7P/c1-3-5-6-7-8-9-10-11-12-13-14-15-20(22)25-17-19(21)18-27-28(23,24)26-16-4-2/h19,21H,3-18H2,1-2H3,(H,23,24). The van der Waals surface area contributed by atoms with Gasteiger partial charge in [0.05, 0.1) is 13.2 Å². The minimum absolute atomic E-state index is 0.0951. The number of aliphatic hydroxyl groups is 1. The van der Waals surface area contributed by atoms with Crippen LogP contribution in [-0.2, 0) is 23.1 Å². The van der Waals surface area contributed by atoms with Gasteiger partial charge in [0, 0.05) is 6.42 Å². The number of hydrogen-bond donors (Lipinski definition) is 2. The Balaban J connectivity index is 3.51. The molecule has 0 radical (unpaired) electrons. The van der Waals surface area contributed by atoms with Gasteiger partial charge in [-0.2, -0.15) is 0 Å². The average Bonchev–Trinajstić information content (AvgIpc) is 2.67. The van der Waals surface area contributed by atoms with Gasteiger partial charge in [-0.25, -0.2) is 4.57 Å². The third-order valence-corrected chi connectivity index (χ3v) is 5.29. The van der Waals surface area contributed by atoms with E-state index in [-0.39, 0.29) is 19.2 Å². The molecule has 2 N–H and O–H groups in total. The van der Waals surface area contributed by atoms with E-state index in [2.05, 4.69) is 16.0 Å². The molecule has 0 amide bonds. The van der Waals surface area contributed by atoms with Crippen LogP contribution in [-0.4, -0.2) is 41.9 Å². The smallest absolute Gasteiger partial charge is 0.463 e. The fourth-order valence-corrected chi connectivity index (χ4v) is 3.52. The minimum Gasteiger partial charge on any atom is -0.463 e. The van der Waals surface area contributed by atoms with E-state index in [1.165, 1.54) is 51.4 Å². The zero-order chi connectivity index (χ0) is 21.1. The van der Waals surface area contributed by atoms with E-state index in [4.69, 9.17) is 4.74 Å². The molecule has 28 heavy (non-hydrogen) atoms. The van der Waals surface area contributed by atoms with Crippen LogP contribution in [0.15, 0.2) is 0 Å². The third-order valence-electron chi connectivity index (χ3n) is 4.31. The van der Waals surface area contributed by atoms with Crippen molar-refractivity contribution in [3.63, 3.8) is 0 Å². The Morgan fingerprint density at radius 2 is 1.36 bits per heavy atom. The van der Waals surface area contributed by atoms with Gasteiger partial charge in [0.2, 0.25) is 0 Å². The monoisotopic (exact) mass is 424 g/mol. The molecule has 0 aromatic rings. The van der Waals surface area contributed by atoms with Gasteiger partial charge in [-0.15, -0.1) is 0 Å². The largest absolute Gasteiger partial charge is 0.472 e. The van der Waals surface area contributed by atoms with Gasteiger partial charge in [-0.3, -0.25) is 13.8 Å². The van der Waals surface area contributed by atoms with Gasteiger partial charge in [-0.05, 0) is 12.8 Å². The highest BCUT2D eigenvalue weighted by atomic mass is 31.2. The molecular formula is C20H41O7P. The van der Waals surface area contributed by atoms with Crippen LogP contribution < -0.4 is 0 Å². The third kappa shape index (κ3) is 18.9. The molecule has 7 nitrogen and oxygen atoms in total. The van der Waals surface area contributed by atoms with E-state index in [0.717, 1.165) is 19.3 Å². The Hall–Kier alpha value is -0.460. The lowest BCUT2D eigenvalue weighted by molar-refractivity contribution is -0.147. The van der Waals surface area contributed by atoms with Crippen LogP contribution in [0.3, 0.4) is 0 Å².